The fraction of sp³-hybridized carbons (Fsp3) is 0.579. The molecule has 2 aliphatic rings. The Hall–Kier alpha value is -2.09. The van der Waals surface area contributed by atoms with E-state index in [2.05, 4.69) is 5.32 Å². The number of benzene rings is 1. The molecule has 1 aromatic rings. The van der Waals surface area contributed by atoms with E-state index >= 15 is 0 Å². The first-order valence-electron chi connectivity index (χ1n) is 9.13. The second-order valence-corrected chi connectivity index (χ2v) is 7.35. The maximum atomic E-state index is 13.1. The zero-order valence-electron chi connectivity index (χ0n) is 15.4. The molecular weight excluding hydrogens is 359 g/mol. The summed E-state index contributed by atoms with van der Waals surface area (Å²) in [5, 5.41) is 3.28. The molecule has 0 bridgehead atoms. The van der Waals surface area contributed by atoms with Crippen molar-refractivity contribution >= 4 is 11.8 Å². The number of alkyl halides is 3. The van der Waals surface area contributed by atoms with E-state index in [1.165, 1.54) is 17.0 Å². The number of carbonyl (C=O) groups excluding carboxylic acids is 2. The fourth-order valence-electron chi connectivity index (χ4n) is 3.99. The first-order chi connectivity index (χ1) is 12.7. The maximum absolute atomic E-state index is 13.1. The van der Waals surface area contributed by atoms with Crippen LogP contribution in [0.2, 0.25) is 0 Å². The van der Waals surface area contributed by atoms with E-state index in [9.17, 15) is 22.8 Å². The van der Waals surface area contributed by atoms with Gasteiger partial charge in [0.25, 0.3) is 0 Å². The van der Waals surface area contributed by atoms with Gasteiger partial charge in [0.1, 0.15) is 0 Å². The fourth-order valence-corrected chi connectivity index (χ4v) is 3.99. The van der Waals surface area contributed by atoms with Gasteiger partial charge in [0.2, 0.25) is 11.8 Å². The molecule has 3 rings (SSSR count). The van der Waals surface area contributed by atoms with E-state index in [4.69, 9.17) is 0 Å². The minimum Gasteiger partial charge on any atom is -0.340 e. The Morgan fingerprint density at radius 1 is 1.22 bits per heavy atom. The minimum atomic E-state index is -4.42. The summed E-state index contributed by atoms with van der Waals surface area (Å²) in [6.07, 6.45) is -3.74. The van der Waals surface area contributed by atoms with Crippen LogP contribution in [0.4, 0.5) is 13.2 Å². The van der Waals surface area contributed by atoms with Crippen LogP contribution >= 0.6 is 0 Å². The Morgan fingerprint density at radius 2 is 1.89 bits per heavy atom. The average molecular weight is 383 g/mol. The molecule has 2 fully saturated rings. The Morgan fingerprint density at radius 3 is 2.48 bits per heavy atom. The van der Waals surface area contributed by atoms with Gasteiger partial charge in [-0.15, -0.1) is 0 Å². The Balaban J connectivity index is 1.88. The quantitative estimate of drug-likeness (QED) is 0.854. The minimum absolute atomic E-state index is 0.0346. The molecule has 0 aliphatic carbocycles. The number of nitrogens with one attached hydrogen (secondary N) is 1. The number of piperidine rings is 1. The molecule has 0 aromatic heterocycles. The highest BCUT2D eigenvalue weighted by molar-refractivity contribution is 5.85. The SMILES string of the molecule is C[C@@H]1CN(C(=O)[C@H]2CCC(=O)N(C)[C@H]2c2ccc(C(F)(F)F)cc2)CCN1. The predicted molar refractivity (Wildman–Crippen MR) is 93.7 cm³/mol. The van der Waals surface area contributed by atoms with Crippen LogP contribution in [0.1, 0.15) is 36.9 Å². The van der Waals surface area contributed by atoms with Gasteiger partial charge in [-0.05, 0) is 31.0 Å². The Kier molecular flexibility index (Phi) is 5.46. The number of rotatable bonds is 2. The summed E-state index contributed by atoms with van der Waals surface area (Å²) in [6.45, 7) is 3.90. The van der Waals surface area contributed by atoms with Gasteiger partial charge in [0.05, 0.1) is 17.5 Å². The van der Waals surface area contributed by atoms with Crippen LogP contribution < -0.4 is 5.32 Å². The monoisotopic (exact) mass is 383 g/mol. The van der Waals surface area contributed by atoms with E-state index in [1.807, 2.05) is 6.92 Å². The van der Waals surface area contributed by atoms with E-state index in [-0.39, 0.29) is 24.3 Å². The van der Waals surface area contributed by atoms with E-state index < -0.39 is 23.7 Å². The average Bonchev–Trinajstić information content (AvgIpc) is 2.62. The molecular formula is C19H24F3N3O2. The Bertz CT molecular complexity index is 705. The lowest BCUT2D eigenvalue weighted by molar-refractivity contribution is -0.147. The highest BCUT2D eigenvalue weighted by Gasteiger charge is 2.41. The zero-order chi connectivity index (χ0) is 19.8. The topological polar surface area (TPSA) is 52.7 Å². The number of amides is 2. The molecule has 0 radical (unpaired) electrons. The van der Waals surface area contributed by atoms with Crippen LogP contribution in [-0.4, -0.2) is 54.3 Å². The van der Waals surface area contributed by atoms with Crippen molar-refractivity contribution in [2.45, 2.75) is 38.0 Å². The predicted octanol–water partition coefficient (Wildman–Crippen LogP) is 2.44. The first-order valence-corrected chi connectivity index (χ1v) is 9.13. The van der Waals surface area contributed by atoms with E-state index in [0.717, 1.165) is 12.1 Å². The number of hydrogen-bond acceptors (Lipinski definition) is 3. The van der Waals surface area contributed by atoms with Crippen LogP contribution in [0.15, 0.2) is 24.3 Å². The van der Waals surface area contributed by atoms with Crippen LogP contribution in [-0.2, 0) is 15.8 Å². The van der Waals surface area contributed by atoms with Crippen LogP contribution in [0, 0.1) is 5.92 Å². The lowest BCUT2D eigenvalue weighted by atomic mass is 9.83. The third-order valence-corrected chi connectivity index (χ3v) is 5.44. The molecule has 2 heterocycles. The third kappa shape index (κ3) is 4.10. The molecule has 0 saturated carbocycles. The molecule has 1 aromatic carbocycles. The summed E-state index contributed by atoms with van der Waals surface area (Å²) in [6, 6.07) is 4.42. The maximum Gasteiger partial charge on any atom is 0.416 e. The molecule has 2 aliphatic heterocycles. The number of piperazine rings is 1. The van der Waals surface area contributed by atoms with Gasteiger partial charge >= 0.3 is 6.18 Å². The van der Waals surface area contributed by atoms with E-state index in [0.29, 0.717) is 31.6 Å². The molecule has 3 atom stereocenters. The van der Waals surface area contributed by atoms with Crippen LogP contribution in [0.5, 0.6) is 0 Å². The van der Waals surface area contributed by atoms with Gasteiger partial charge in [-0.3, -0.25) is 9.59 Å². The van der Waals surface area contributed by atoms with Crippen LogP contribution in [0.25, 0.3) is 0 Å². The van der Waals surface area contributed by atoms with Crippen molar-refractivity contribution in [1.29, 1.82) is 0 Å². The smallest absolute Gasteiger partial charge is 0.340 e. The van der Waals surface area contributed by atoms with Crippen molar-refractivity contribution in [3.8, 4) is 0 Å². The molecule has 148 valence electrons. The van der Waals surface area contributed by atoms with Crippen molar-refractivity contribution in [1.82, 2.24) is 15.1 Å². The number of hydrogen-bond donors (Lipinski definition) is 1. The Labute approximate surface area is 156 Å². The summed E-state index contributed by atoms with van der Waals surface area (Å²) in [7, 11) is 1.62. The highest BCUT2D eigenvalue weighted by atomic mass is 19.4. The van der Waals surface area contributed by atoms with Gasteiger partial charge in [-0.1, -0.05) is 12.1 Å². The van der Waals surface area contributed by atoms with Gasteiger partial charge in [-0.25, -0.2) is 0 Å². The lowest BCUT2D eigenvalue weighted by Crippen LogP contribution is -2.55. The molecule has 0 spiro atoms. The second kappa shape index (κ2) is 7.50. The summed E-state index contributed by atoms with van der Waals surface area (Å²) in [4.78, 5) is 28.7. The number of nitrogens with zero attached hydrogens (tertiary/aromatic N) is 2. The molecule has 2 saturated heterocycles. The van der Waals surface area contributed by atoms with Crippen molar-refractivity contribution in [2.75, 3.05) is 26.7 Å². The summed E-state index contributed by atoms with van der Waals surface area (Å²) < 4.78 is 38.6. The summed E-state index contributed by atoms with van der Waals surface area (Å²) in [5.41, 5.74) is -0.185. The van der Waals surface area contributed by atoms with Crippen molar-refractivity contribution in [2.24, 2.45) is 5.92 Å². The normalized spacial score (nSPS) is 27.0. The standard InChI is InChI=1S/C19H24F3N3O2/c1-12-11-25(10-9-23-12)18(27)15-7-8-16(26)24(2)17(15)13-3-5-14(6-4-13)19(20,21)22/h3-6,12,15,17,23H,7-11H2,1-2H3/t12-,15+,17+/m1/s1. The van der Waals surface area contributed by atoms with Crippen LogP contribution in [0.3, 0.4) is 0 Å². The van der Waals surface area contributed by atoms with Gasteiger partial charge in [0.15, 0.2) is 0 Å². The first kappa shape index (κ1) is 19.7. The summed E-state index contributed by atoms with van der Waals surface area (Å²) >= 11 is 0. The summed E-state index contributed by atoms with van der Waals surface area (Å²) in [5.74, 6) is -0.583. The van der Waals surface area contributed by atoms with Crippen molar-refractivity contribution in [3.63, 3.8) is 0 Å². The molecule has 8 heteroatoms. The van der Waals surface area contributed by atoms with Gasteiger partial charge in [-0.2, -0.15) is 13.2 Å². The largest absolute Gasteiger partial charge is 0.416 e. The zero-order valence-corrected chi connectivity index (χ0v) is 15.4. The number of carbonyl (C=O) groups is 2. The van der Waals surface area contributed by atoms with Crippen molar-refractivity contribution in [3.05, 3.63) is 35.4 Å². The van der Waals surface area contributed by atoms with Gasteiger partial charge in [0, 0.05) is 39.1 Å². The number of halogens is 3. The molecule has 1 N–H and O–H groups in total. The lowest BCUT2D eigenvalue weighted by Gasteiger charge is -2.42. The van der Waals surface area contributed by atoms with Gasteiger partial charge < -0.3 is 15.1 Å². The molecule has 27 heavy (non-hydrogen) atoms. The molecule has 2 amide bonds. The highest BCUT2D eigenvalue weighted by Crippen LogP contribution is 2.38. The second-order valence-electron chi connectivity index (χ2n) is 7.35. The van der Waals surface area contributed by atoms with Crippen molar-refractivity contribution < 1.29 is 22.8 Å². The van der Waals surface area contributed by atoms with E-state index in [1.54, 1.807) is 11.9 Å². The number of likely N-dealkylation sites (tertiary alicyclic amines) is 1. The molecule has 0 unspecified atom stereocenters. The third-order valence-electron chi connectivity index (χ3n) is 5.44. The molecule has 5 nitrogen and oxygen atoms in total.